The van der Waals surface area contributed by atoms with Gasteiger partial charge in [-0.3, -0.25) is 0 Å². The van der Waals surface area contributed by atoms with E-state index in [0.29, 0.717) is 5.92 Å². The summed E-state index contributed by atoms with van der Waals surface area (Å²) in [5, 5.41) is 0. The van der Waals surface area contributed by atoms with E-state index in [1.807, 2.05) is 0 Å². The van der Waals surface area contributed by atoms with Crippen molar-refractivity contribution in [3.05, 3.63) is 0 Å². The van der Waals surface area contributed by atoms with Gasteiger partial charge in [-0.25, -0.2) is 0 Å². The van der Waals surface area contributed by atoms with E-state index in [0.717, 1.165) is 26.1 Å². The Labute approximate surface area is 62.7 Å². The lowest BCUT2D eigenvalue weighted by Gasteiger charge is -2.28. The predicted molar refractivity (Wildman–Crippen MR) is 41.8 cm³/mol. The number of hydrogen-bond acceptors (Lipinski definition) is 2. The van der Waals surface area contributed by atoms with Gasteiger partial charge in [0.2, 0.25) is 0 Å². The Morgan fingerprint density at radius 1 is 1.70 bits per heavy atom. The summed E-state index contributed by atoms with van der Waals surface area (Å²) in [6, 6.07) is 0. The molecule has 0 saturated carbocycles. The van der Waals surface area contributed by atoms with E-state index in [9.17, 15) is 0 Å². The van der Waals surface area contributed by atoms with Crippen LogP contribution >= 0.6 is 0 Å². The Kier molecular flexibility index (Phi) is 2.32. The molecule has 0 aliphatic carbocycles. The standard InChI is InChI=1S/C8H17NO/c1-3-7(2)8(9)4-5-10-6-8/h7H,3-6,9H2,1-2H3. The smallest absolute Gasteiger partial charge is 0.0649 e. The molecule has 1 fully saturated rings. The molecule has 1 aliphatic heterocycles. The van der Waals surface area contributed by atoms with E-state index < -0.39 is 0 Å². The van der Waals surface area contributed by atoms with E-state index in [4.69, 9.17) is 10.5 Å². The summed E-state index contributed by atoms with van der Waals surface area (Å²) in [5.74, 6) is 0.593. The molecule has 0 aromatic heterocycles. The van der Waals surface area contributed by atoms with Crippen molar-refractivity contribution in [1.29, 1.82) is 0 Å². The summed E-state index contributed by atoms with van der Waals surface area (Å²) in [7, 11) is 0. The van der Waals surface area contributed by atoms with Crippen LogP contribution < -0.4 is 5.73 Å². The fourth-order valence-corrected chi connectivity index (χ4v) is 1.39. The van der Waals surface area contributed by atoms with Crippen LogP contribution in [0.2, 0.25) is 0 Å². The van der Waals surface area contributed by atoms with Crippen molar-refractivity contribution >= 4 is 0 Å². The summed E-state index contributed by atoms with van der Waals surface area (Å²) in [4.78, 5) is 0. The summed E-state index contributed by atoms with van der Waals surface area (Å²) in [5.41, 5.74) is 6.07. The first-order valence-electron chi connectivity index (χ1n) is 4.05. The topological polar surface area (TPSA) is 35.2 Å². The van der Waals surface area contributed by atoms with Gasteiger partial charge in [0.1, 0.15) is 0 Å². The van der Waals surface area contributed by atoms with Gasteiger partial charge in [-0.15, -0.1) is 0 Å². The minimum atomic E-state index is -0.0191. The molecule has 1 saturated heterocycles. The van der Waals surface area contributed by atoms with Gasteiger partial charge in [0.25, 0.3) is 0 Å². The van der Waals surface area contributed by atoms with Gasteiger partial charge in [-0.05, 0) is 12.3 Å². The molecule has 2 heteroatoms. The van der Waals surface area contributed by atoms with Gasteiger partial charge in [-0.2, -0.15) is 0 Å². The third kappa shape index (κ3) is 1.32. The van der Waals surface area contributed by atoms with Crippen molar-refractivity contribution in [3.8, 4) is 0 Å². The van der Waals surface area contributed by atoms with E-state index in [1.165, 1.54) is 0 Å². The second-order valence-electron chi connectivity index (χ2n) is 3.35. The van der Waals surface area contributed by atoms with Gasteiger partial charge in [0.15, 0.2) is 0 Å². The first-order valence-corrected chi connectivity index (χ1v) is 4.05. The monoisotopic (exact) mass is 143 g/mol. The van der Waals surface area contributed by atoms with Gasteiger partial charge in [-0.1, -0.05) is 20.3 Å². The molecule has 0 radical (unpaired) electrons. The zero-order chi connectivity index (χ0) is 7.61. The van der Waals surface area contributed by atoms with Crippen LogP contribution in [0.15, 0.2) is 0 Å². The lowest BCUT2D eigenvalue weighted by atomic mass is 9.84. The molecule has 60 valence electrons. The van der Waals surface area contributed by atoms with Crippen LogP contribution in [-0.2, 0) is 4.74 Å². The Bertz CT molecular complexity index is 108. The maximum absolute atomic E-state index is 6.09. The van der Waals surface area contributed by atoms with Crippen molar-refractivity contribution in [1.82, 2.24) is 0 Å². The quantitative estimate of drug-likeness (QED) is 0.629. The van der Waals surface area contributed by atoms with Gasteiger partial charge in [0, 0.05) is 12.1 Å². The first-order chi connectivity index (χ1) is 4.69. The van der Waals surface area contributed by atoms with Gasteiger partial charge >= 0.3 is 0 Å². The molecule has 2 unspecified atom stereocenters. The molecule has 0 aromatic rings. The Hall–Kier alpha value is -0.0800. The molecule has 1 rings (SSSR count). The lowest BCUT2D eigenvalue weighted by molar-refractivity contribution is 0.159. The SMILES string of the molecule is CCC(C)C1(N)CCOC1. The van der Waals surface area contributed by atoms with E-state index in [1.54, 1.807) is 0 Å². The minimum absolute atomic E-state index is 0.0191. The Morgan fingerprint density at radius 2 is 2.40 bits per heavy atom. The molecule has 0 bridgehead atoms. The first kappa shape index (κ1) is 8.02. The molecule has 1 aliphatic rings. The van der Waals surface area contributed by atoms with Crippen molar-refractivity contribution in [2.24, 2.45) is 11.7 Å². The van der Waals surface area contributed by atoms with Crippen LogP contribution in [0.25, 0.3) is 0 Å². The van der Waals surface area contributed by atoms with Crippen LogP contribution in [-0.4, -0.2) is 18.8 Å². The molecule has 2 nitrogen and oxygen atoms in total. The fourth-order valence-electron chi connectivity index (χ4n) is 1.39. The highest BCUT2D eigenvalue weighted by Crippen LogP contribution is 2.26. The highest BCUT2D eigenvalue weighted by atomic mass is 16.5. The minimum Gasteiger partial charge on any atom is -0.379 e. The molecule has 10 heavy (non-hydrogen) atoms. The largest absolute Gasteiger partial charge is 0.379 e. The highest BCUT2D eigenvalue weighted by Gasteiger charge is 2.34. The average molecular weight is 143 g/mol. The number of nitrogens with two attached hydrogens (primary N) is 1. The lowest BCUT2D eigenvalue weighted by Crippen LogP contribution is -2.46. The molecule has 0 amide bonds. The van der Waals surface area contributed by atoms with Crippen LogP contribution in [0.1, 0.15) is 26.7 Å². The van der Waals surface area contributed by atoms with Crippen LogP contribution in [0.5, 0.6) is 0 Å². The second-order valence-corrected chi connectivity index (χ2v) is 3.35. The highest BCUT2D eigenvalue weighted by molar-refractivity contribution is 4.91. The number of ether oxygens (including phenoxy) is 1. The summed E-state index contributed by atoms with van der Waals surface area (Å²) >= 11 is 0. The molecule has 2 N–H and O–H groups in total. The van der Waals surface area contributed by atoms with Crippen molar-refractivity contribution in [2.75, 3.05) is 13.2 Å². The third-order valence-electron chi connectivity index (χ3n) is 2.68. The Balaban J connectivity index is 2.49. The molecule has 0 aromatic carbocycles. The molecule has 1 heterocycles. The number of hydrogen-bond donors (Lipinski definition) is 1. The molecule has 0 spiro atoms. The molecular formula is C8H17NO. The van der Waals surface area contributed by atoms with Crippen LogP contribution in [0.3, 0.4) is 0 Å². The van der Waals surface area contributed by atoms with Crippen molar-refractivity contribution in [3.63, 3.8) is 0 Å². The van der Waals surface area contributed by atoms with Crippen molar-refractivity contribution < 1.29 is 4.74 Å². The summed E-state index contributed by atoms with van der Waals surface area (Å²) in [6.45, 7) is 5.98. The predicted octanol–water partition coefficient (Wildman–Crippen LogP) is 1.15. The number of rotatable bonds is 2. The summed E-state index contributed by atoms with van der Waals surface area (Å²) in [6.07, 6.45) is 2.18. The fraction of sp³-hybridized carbons (Fsp3) is 1.00. The van der Waals surface area contributed by atoms with E-state index in [2.05, 4.69) is 13.8 Å². The Morgan fingerprint density at radius 3 is 2.80 bits per heavy atom. The van der Waals surface area contributed by atoms with Crippen LogP contribution in [0.4, 0.5) is 0 Å². The normalized spacial score (nSPS) is 36.3. The maximum Gasteiger partial charge on any atom is 0.0649 e. The maximum atomic E-state index is 6.09. The van der Waals surface area contributed by atoms with Gasteiger partial charge < -0.3 is 10.5 Å². The van der Waals surface area contributed by atoms with E-state index in [-0.39, 0.29) is 5.54 Å². The zero-order valence-electron chi connectivity index (χ0n) is 6.89. The van der Waals surface area contributed by atoms with Gasteiger partial charge in [0.05, 0.1) is 6.61 Å². The zero-order valence-corrected chi connectivity index (χ0v) is 6.89. The second kappa shape index (κ2) is 2.89. The van der Waals surface area contributed by atoms with E-state index >= 15 is 0 Å². The molecule has 2 atom stereocenters. The van der Waals surface area contributed by atoms with Crippen LogP contribution in [0, 0.1) is 5.92 Å². The van der Waals surface area contributed by atoms with Crippen molar-refractivity contribution in [2.45, 2.75) is 32.2 Å². The summed E-state index contributed by atoms with van der Waals surface area (Å²) < 4.78 is 5.26. The third-order valence-corrected chi connectivity index (χ3v) is 2.68. The molecular weight excluding hydrogens is 126 g/mol. The average Bonchev–Trinajstić information content (AvgIpc) is 2.36.